The van der Waals surface area contributed by atoms with Gasteiger partial charge in [-0.15, -0.1) is 0 Å². The average Bonchev–Trinajstić information content (AvgIpc) is 3.30. The predicted molar refractivity (Wildman–Crippen MR) is 240 cm³/mol. The van der Waals surface area contributed by atoms with E-state index in [4.69, 9.17) is 10.9 Å². The molecule has 5 atom stereocenters. The Balaban J connectivity index is 1.37. The smallest absolute Gasteiger partial charge is 0.326 e. The highest BCUT2D eigenvalue weighted by Gasteiger charge is 2.28. The monoisotopic (exact) mass is 927 g/mol. The Bertz CT molecular complexity index is 2420. The number of carbonyl (C=O) groups is 9. The lowest BCUT2D eigenvalue weighted by Crippen LogP contribution is -2.51. The van der Waals surface area contributed by atoms with Gasteiger partial charge in [0, 0.05) is 37.7 Å². The van der Waals surface area contributed by atoms with E-state index in [0.29, 0.717) is 11.4 Å². The van der Waals surface area contributed by atoms with E-state index in [1.54, 1.807) is 12.1 Å². The van der Waals surface area contributed by atoms with Crippen LogP contribution >= 0.6 is 0 Å². The van der Waals surface area contributed by atoms with Gasteiger partial charge in [-0.05, 0) is 78.3 Å². The standard InChI is InChI=1S/C45H53N9O13/c1-25(42(61)62)20-34(50-39(58)31-15-17-36(54-46)48-24-31)41(60)49-23-26-9-13-29(14-10-26)38(57)51-35(22-27-11-12-28-6-2-3-7-30(28)21-27)40(59)47-19-5-4-8-32(43(63)64)52-45(67)53-33(44(65)66)16-18-37(55)56/h2-3,6-7,9-15,17,21,24-25,32-35H,4-5,8,16,18-20,22-23,46H2,1H3,(H,47,59)(H,48,54)(H,49,60)(H,50,58)(H,51,57)(H,55,56)(H,61,62)(H,63,64)(H,65,66)(H2,52,53,67). The minimum atomic E-state index is -1.56. The van der Waals surface area contributed by atoms with Crippen LogP contribution in [-0.4, -0.2) is 110 Å². The quantitative estimate of drug-likeness (QED) is 0.0242. The number of anilines is 1. The van der Waals surface area contributed by atoms with Gasteiger partial charge in [-0.2, -0.15) is 0 Å². The van der Waals surface area contributed by atoms with Crippen molar-refractivity contribution in [3.63, 3.8) is 0 Å². The molecule has 0 saturated carbocycles. The van der Waals surface area contributed by atoms with Gasteiger partial charge >= 0.3 is 29.9 Å². The molecule has 22 heteroatoms. The summed E-state index contributed by atoms with van der Waals surface area (Å²) in [6, 6.07) is 15.9. The fourth-order valence-corrected chi connectivity index (χ4v) is 6.63. The van der Waals surface area contributed by atoms with E-state index in [1.807, 2.05) is 42.5 Å². The van der Waals surface area contributed by atoms with E-state index < -0.39 is 96.5 Å². The topological polar surface area (TPSA) is 358 Å². The van der Waals surface area contributed by atoms with Crippen LogP contribution in [0.3, 0.4) is 0 Å². The van der Waals surface area contributed by atoms with E-state index in [2.05, 4.69) is 42.3 Å². The lowest BCUT2D eigenvalue weighted by molar-refractivity contribution is -0.142. The first-order valence-electron chi connectivity index (χ1n) is 21.1. The van der Waals surface area contributed by atoms with Crippen LogP contribution in [0.5, 0.6) is 0 Å². The predicted octanol–water partition coefficient (Wildman–Crippen LogP) is 1.74. The number of urea groups is 1. The van der Waals surface area contributed by atoms with E-state index in [1.165, 1.54) is 37.4 Å². The molecule has 0 saturated heterocycles. The SMILES string of the molecule is CC(CC(NC(=O)c1ccc(NN)nc1)C(=O)NCc1ccc(C(=O)NC(Cc2ccc3ccccc3c2)C(=O)NCCCCC(NC(=O)NC(CCC(=O)O)C(=O)O)C(=O)O)cc1)C(=O)O. The van der Waals surface area contributed by atoms with Gasteiger partial charge in [0.05, 0.1) is 11.5 Å². The molecular weight excluding hydrogens is 875 g/mol. The summed E-state index contributed by atoms with van der Waals surface area (Å²) >= 11 is 0. The number of nitrogens with zero attached hydrogens (tertiary/aromatic N) is 1. The maximum absolute atomic E-state index is 13.6. The third-order valence-electron chi connectivity index (χ3n) is 10.4. The molecule has 0 aliphatic heterocycles. The first-order chi connectivity index (χ1) is 31.9. The molecule has 1 heterocycles. The first kappa shape index (κ1) is 51.5. The second-order valence-corrected chi connectivity index (χ2v) is 15.5. The van der Waals surface area contributed by atoms with E-state index in [0.717, 1.165) is 16.3 Å². The fourth-order valence-electron chi connectivity index (χ4n) is 6.63. The van der Waals surface area contributed by atoms with Crippen LogP contribution in [0.15, 0.2) is 85.1 Å². The van der Waals surface area contributed by atoms with Gasteiger partial charge < -0.3 is 57.8 Å². The molecule has 0 fully saturated rings. The molecule has 0 bridgehead atoms. The van der Waals surface area contributed by atoms with Crippen LogP contribution in [0.25, 0.3) is 10.8 Å². The minimum absolute atomic E-state index is 0.0454. The summed E-state index contributed by atoms with van der Waals surface area (Å²) in [6.07, 6.45) is 0.537. The van der Waals surface area contributed by atoms with Crippen LogP contribution in [0, 0.1) is 5.92 Å². The number of fused-ring (bicyclic) bond motifs is 1. The van der Waals surface area contributed by atoms with Crippen molar-refractivity contribution < 1.29 is 63.6 Å². The number of hydrogen-bond donors (Lipinski definition) is 12. The maximum Gasteiger partial charge on any atom is 0.326 e. The van der Waals surface area contributed by atoms with Gasteiger partial charge in [0.2, 0.25) is 11.8 Å². The number of hydrogen-bond acceptors (Lipinski definition) is 12. The number of rotatable bonds is 26. The summed E-state index contributed by atoms with van der Waals surface area (Å²) in [5, 5.41) is 54.2. The highest BCUT2D eigenvalue weighted by molar-refractivity contribution is 5.98. The van der Waals surface area contributed by atoms with Crippen molar-refractivity contribution in [2.45, 2.75) is 82.6 Å². The van der Waals surface area contributed by atoms with E-state index in [9.17, 15) is 58.5 Å². The molecule has 22 nitrogen and oxygen atoms in total. The summed E-state index contributed by atoms with van der Waals surface area (Å²) in [7, 11) is 0. The Morgan fingerprint density at radius 2 is 1.21 bits per heavy atom. The normalized spacial score (nSPS) is 13.0. The summed E-state index contributed by atoms with van der Waals surface area (Å²) in [5.41, 5.74) is 3.94. The summed E-state index contributed by atoms with van der Waals surface area (Å²) in [5.74, 6) is -3.11. The lowest BCUT2D eigenvalue weighted by Gasteiger charge is -2.21. The summed E-state index contributed by atoms with van der Waals surface area (Å²) in [4.78, 5) is 116. The largest absolute Gasteiger partial charge is 0.481 e. The zero-order chi connectivity index (χ0) is 49.0. The number of nitrogens with one attached hydrogen (secondary N) is 7. The third-order valence-corrected chi connectivity index (χ3v) is 10.4. The Morgan fingerprint density at radius 3 is 1.82 bits per heavy atom. The molecule has 0 spiro atoms. The number of carboxylic acids is 4. The van der Waals surface area contributed by atoms with E-state index in [-0.39, 0.29) is 56.3 Å². The van der Waals surface area contributed by atoms with Crippen LogP contribution in [0.2, 0.25) is 0 Å². The van der Waals surface area contributed by atoms with Crippen LogP contribution in [0.4, 0.5) is 10.6 Å². The molecule has 356 valence electrons. The van der Waals surface area contributed by atoms with Crippen molar-refractivity contribution in [1.82, 2.24) is 36.9 Å². The van der Waals surface area contributed by atoms with Crippen LogP contribution in [0.1, 0.15) is 77.3 Å². The summed E-state index contributed by atoms with van der Waals surface area (Å²) in [6.45, 7) is 1.42. The number of carboxylic acid groups (broad SMARTS) is 4. The molecule has 0 radical (unpaired) electrons. The second-order valence-electron chi connectivity index (χ2n) is 15.5. The number of hydrazine groups is 1. The van der Waals surface area contributed by atoms with Gasteiger partial charge in [-0.1, -0.05) is 61.5 Å². The van der Waals surface area contributed by atoms with Crippen molar-refractivity contribution >= 4 is 70.1 Å². The minimum Gasteiger partial charge on any atom is -0.481 e. The number of pyridine rings is 1. The molecular formula is C45H53N9O13. The number of aliphatic carboxylic acids is 4. The summed E-state index contributed by atoms with van der Waals surface area (Å²) < 4.78 is 0. The molecule has 4 rings (SSSR count). The molecule has 6 amide bonds. The number of nitrogens with two attached hydrogens (primary N) is 1. The molecule has 0 aliphatic carbocycles. The Hall–Kier alpha value is -8.14. The first-order valence-corrected chi connectivity index (χ1v) is 21.1. The molecule has 4 aromatic rings. The van der Waals surface area contributed by atoms with Crippen molar-refractivity contribution in [3.8, 4) is 0 Å². The highest BCUT2D eigenvalue weighted by Crippen LogP contribution is 2.18. The Kier molecular flexibility index (Phi) is 19.5. The second kappa shape index (κ2) is 25.4. The number of nitrogen functional groups attached to an aromatic ring is 1. The third kappa shape index (κ3) is 16.7. The molecule has 13 N–H and O–H groups in total. The van der Waals surface area contributed by atoms with Crippen molar-refractivity contribution in [2.75, 3.05) is 12.0 Å². The number of unbranched alkanes of at least 4 members (excludes halogenated alkanes) is 1. The number of amides is 6. The zero-order valence-electron chi connectivity index (χ0n) is 36.3. The number of benzene rings is 3. The maximum atomic E-state index is 13.6. The van der Waals surface area contributed by atoms with Crippen molar-refractivity contribution in [1.29, 1.82) is 0 Å². The number of carbonyl (C=O) groups excluding carboxylic acids is 5. The fraction of sp³-hybridized carbons (Fsp3) is 0.333. The molecule has 3 aromatic carbocycles. The van der Waals surface area contributed by atoms with Crippen molar-refractivity contribution in [3.05, 3.63) is 107 Å². The number of aromatic nitrogens is 1. The average molecular weight is 928 g/mol. The van der Waals surface area contributed by atoms with Gasteiger partial charge in [-0.25, -0.2) is 25.2 Å². The van der Waals surface area contributed by atoms with Gasteiger partial charge in [0.15, 0.2) is 0 Å². The van der Waals surface area contributed by atoms with Crippen molar-refractivity contribution in [2.24, 2.45) is 11.8 Å². The molecule has 67 heavy (non-hydrogen) atoms. The Labute approximate surface area is 383 Å². The molecule has 0 aliphatic rings. The molecule has 5 unspecified atom stereocenters. The zero-order valence-corrected chi connectivity index (χ0v) is 36.3. The van der Waals surface area contributed by atoms with Gasteiger partial charge in [0.25, 0.3) is 11.8 Å². The van der Waals surface area contributed by atoms with Crippen LogP contribution in [-0.2, 0) is 41.7 Å². The lowest BCUT2D eigenvalue weighted by atomic mass is 10.0. The molecule has 1 aromatic heterocycles. The van der Waals surface area contributed by atoms with Gasteiger partial charge in [-0.3, -0.25) is 28.8 Å². The van der Waals surface area contributed by atoms with Crippen LogP contribution < -0.4 is 43.2 Å². The Morgan fingerprint density at radius 1 is 0.612 bits per heavy atom. The van der Waals surface area contributed by atoms with Gasteiger partial charge in [0.1, 0.15) is 30.0 Å². The van der Waals surface area contributed by atoms with E-state index >= 15 is 0 Å². The highest BCUT2D eigenvalue weighted by atomic mass is 16.4.